The van der Waals surface area contributed by atoms with Crippen LogP contribution >= 0.6 is 0 Å². The zero-order valence-electron chi connectivity index (χ0n) is 12.4. The molecule has 0 aliphatic carbocycles. The van der Waals surface area contributed by atoms with Crippen LogP contribution in [0.1, 0.15) is 26.7 Å². The van der Waals surface area contributed by atoms with E-state index >= 15 is 0 Å². The van der Waals surface area contributed by atoms with Crippen LogP contribution in [-0.2, 0) is 4.74 Å². The number of methoxy groups -OCH3 is 1. The monoisotopic (exact) mass is 282 g/mol. The van der Waals surface area contributed by atoms with Crippen LogP contribution in [0.4, 0.5) is 16.2 Å². The Labute approximate surface area is 119 Å². The van der Waals surface area contributed by atoms with E-state index in [9.17, 15) is 4.39 Å². The quantitative estimate of drug-likeness (QED) is 0.898. The van der Waals surface area contributed by atoms with Gasteiger partial charge in [-0.05, 0) is 18.8 Å². The largest absolute Gasteiger partial charge is 0.379 e. The first-order valence-electron chi connectivity index (χ1n) is 7.19. The number of piperidine rings is 1. The molecule has 1 aliphatic heterocycles. The van der Waals surface area contributed by atoms with Gasteiger partial charge in [-0.1, -0.05) is 13.8 Å². The predicted octanol–water partition coefficient (Wildman–Crippen LogP) is 2.30. The summed E-state index contributed by atoms with van der Waals surface area (Å²) in [6, 6.07) is 0. The number of ether oxygens (including phenoxy) is 1. The van der Waals surface area contributed by atoms with Crippen LogP contribution in [0.5, 0.6) is 0 Å². The molecule has 20 heavy (non-hydrogen) atoms. The fourth-order valence-corrected chi connectivity index (χ4v) is 2.43. The lowest BCUT2D eigenvalue weighted by molar-refractivity contribution is 0.0495. The van der Waals surface area contributed by atoms with E-state index in [1.165, 1.54) is 6.20 Å². The van der Waals surface area contributed by atoms with Crippen molar-refractivity contribution in [1.29, 1.82) is 0 Å². The highest BCUT2D eigenvalue weighted by molar-refractivity contribution is 5.44. The fourth-order valence-electron chi connectivity index (χ4n) is 2.43. The molecule has 0 spiro atoms. The highest BCUT2D eigenvalue weighted by atomic mass is 19.1. The lowest BCUT2D eigenvalue weighted by Crippen LogP contribution is -2.44. The number of anilines is 2. The Balaban J connectivity index is 2.14. The van der Waals surface area contributed by atoms with E-state index in [1.54, 1.807) is 7.11 Å². The molecular formula is C14H23FN4O. The van der Waals surface area contributed by atoms with Gasteiger partial charge in [0, 0.05) is 26.7 Å². The maximum absolute atomic E-state index is 14.0. The summed E-state index contributed by atoms with van der Waals surface area (Å²) in [6.07, 6.45) is 3.30. The highest BCUT2D eigenvalue weighted by Gasteiger charge is 2.28. The van der Waals surface area contributed by atoms with Gasteiger partial charge in [-0.2, -0.15) is 4.98 Å². The Kier molecular flexibility index (Phi) is 5.11. The molecule has 5 nitrogen and oxygen atoms in total. The van der Waals surface area contributed by atoms with Gasteiger partial charge < -0.3 is 15.0 Å². The standard InChI is InChI=1S/C14H23FN4O/c1-4-6-16-14-17-8-11(15)13(18-14)19-7-5-10(2)12(9-19)20-3/h8,10,12H,4-7,9H2,1-3H3,(H,16,17,18). The minimum atomic E-state index is -0.378. The first-order chi connectivity index (χ1) is 9.65. The summed E-state index contributed by atoms with van der Waals surface area (Å²) < 4.78 is 19.4. The Morgan fingerprint density at radius 1 is 1.55 bits per heavy atom. The molecule has 2 heterocycles. The molecule has 0 saturated carbocycles. The van der Waals surface area contributed by atoms with Crippen molar-refractivity contribution in [3.8, 4) is 0 Å². The summed E-state index contributed by atoms with van der Waals surface area (Å²) in [5.41, 5.74) is 0. The van der Waals surface area contributed by atoms with Crippen LogP contribution in [0.15, 0.2) is 6.20 Å². The van der Waals surface area contributed by atoms with E-state index in [1.807, 2.05) is 4.90 Å². The van der Waals surface area contributed by atoms with Gasteiger partial charge in [0.15, 0.2) is 11.6 Å². The smallest absolute Gasteiger partial charge is 0.224 e. The second-order valence-corrected chi connectivity index (χ2v) is 5.28. The van der Waals surface area contributed by atoms with Gasteiger partial charge in [0.1, 0.15) is 0 Å². The number of hydrogen-bond donors (Lipinski definition) is 1. The van der Waals surface area contributed by atoms with Crippen LogP contribution in [-0.4, -0.2) is 42.8 Å². The van der Waals surface area contributed by atoms with E-state index < -0.39 is 0 Å². The summed E-state index contributed by atoms with van der Waals surface area (Å²) in [4.78, 5) is 10.2. The number of nitrogens with zero attached hydrogens (tertiary/aromatic N) is 3. The van der Waals surface area contributed by atoms with Crippen molar-refractivity contribution in [3.05, 3.63) is 12.0 Å². The van der Waals surface area contributed by atoms with Gasteiger partial charge in [0.2, 0.25) is 5.95 Å². The Morgan fingerprint density at radius 2 is 2.35 bits per heavy atom. The van der Waals surface area contributed by atoms with Crippen LogP contribution in [0.25, 0.3) is 0 Å². The summed E-state index contributed by atoms with van der Waals surface area (Å²) in [5, 5.41) is 3.09. The normalized spacial score (nSPS) is 22.9. The van der Waals surface area contributed by atoms with E-state index in [4.69, 9.17) is 4.74 Å². The summed E-state index contributed by atoms with van der Waals surface area (Å²) in [7, 11) is 1.70. The van der Waals surface area contributed by atoms with E-state index in [0.29, 0.717) is 24.2 Å². The molecule has 2 atom stereocenters. The second-order valence-electron chi connectivity index (χ2n) is 5.28. The van der Waals surface area contributed by atoms with E-state index in [0.717, 1.165) is 25.9 Å². The minimum Gasteiger partial charge on any atom is -0.379 e. The average molecular weight is 282 g/mol. The first-order valence-corrected chi connectivity index (χ1v) is 7.19. The topological polar surface area (TPSA) is 50.3 Å². The van der Waals surface area contributed by atoms with Gasteiger partial charge in [0.25, 0.3) is 0 Å². The molecule has 112 valence electrons. The van der Waals surface area contributed by atoms with Gasteiger partial charge in [-0.15, -0.1) is 0 Å². The maximum Gasteiger partial charge on any atom is 0.224 e. The van der Waals surface area contributed by atoms with Crippen molar-refractivity contribution in [3.63, 3.8) is 0 Å². The average Bonchev–Trinajstić information content (AvgIpc) is 2.47. The number of nitrogens with one attached hydrogen (secondary N) is 1. The van der Waals surface area contributed by atoms with Gasteiger partial charge in [-0.3, -0.25) is 0 Å². The SMILES string of the molecule is CCCNc1ncc(F)c(N2CCC(C)C(OC)C2)n1. The number of hydrogen-bond acceptors (Lipinski definition) is 5. The molecular weight excluding hydrogens is 259 g/mol. The van der Waals surface area contributed by atoms with Crippen LogP contribution in [0.3, 0.4) is 0 Å². The van der Waals surface area contributed by atoms with Gasteiger partial charge in [-0.25, -0.2) is 9.37 Å². The van der Waals surface area contributed by atoms with Crippen molar-refractivity contribution < 1.29 is 9.13 Å². The fraction of sp³-hybridized carbons (Fsp3) is 0.714. The number of halogens is 1. The van der Waals surface area contributed by atoms with E-state index in [-0.39, 0.29) is 11.9 Å². The molecule has 1 fully saturated rings. The third-order valence-corrected chi connectivity index (χ3v) is 3.75. The van der Waals surface area contributed by atoms with Crippen LogP contribution in [0, 0.1) is 11.7 Å². The molecule has 1 aromatic rings. The molecule has 0 amide bonds. The highest BCUT2D eigenvalue weighted by Crippen LogP contribution is 2.25. The Hall–Kier alpha value is -1.43. The lowest BCUT2D eigenvalue weighted by atomic mass is 9.96. The molecule has 1 aromatic heterocycles. The molecule has 6 heteroatoms. The van der Waals surface area contributed by atoms with Gasteiger partial charge in [0.05, 0.1) is 12.3 Å². The predicted molar refractivity (Wildman–Crippen MR) is 77.6 cm³/mol. The molecule has 1 aliphatic rings. The van der Waals surface area contributed by atoms with E-state index in [2.05, 4.69) is 29.1 Å². The first kappa shape index (κ1) is 15.0. The lowest BCUT2D eigenvalue weighted by Gasteiger charge is -2.36. The zero-order chi connectivity index (χ0) is 14.5. The summed E-state index contributed by atoms with van der Waals surface area (Å²) >= 11 is 0. The molecule has 1 saturated heterocycles. The molecule has 2 unspecified atom stereocenters. The third kappa shape index (κ3) is 3.36. The molecule has 0 aromatic carbocycles. The third-order valence-electron chi connectivity index (χ3n) is 3.75. The summed E-state index contributed by atoms with van der Waals surface area (Å²) in [6.45, 7) is 6.46. The Bertz CT molecular complexity index is 443. The van der Waals surface area contributed by atoms with Crippen molar-refractivity contribution in [2.45, 2.75) is 32.8 Å². The minimum absolute atomic E-state index is 0.116. The van der Waals surface area contributed by atoms with Crippen molar-refractivity contribution in [2.75, 3.05) is 37.0 Å². The maximum atomic E-state index is 14.0. The number of rotatable bonds is 5. The summed E-state index contributed by atoms with van der Waals surface area (Å²) in [5.74, 6) is 0.957. The van der Waals surface area contributed by atoms with Gasteiger partial charge >= 0.3 is 0 Å². The van der Waals surface area contributed by atoms with Crippen LogP contribution < -0.4 is 10.2 Å². The molecule has 0 radical (unpaired) electrons. The van der Waals surface area contributed by atoms with Crippen molar-refractivity contribution in [2.24, 2.45) is 5.92 Å². The Morgan fingerprint density at radius 3 is 3.05 bits per heavy atom. The second kappa shape index (κ2) is 6.83. The molecule has 0 bridgehead atoms. The van der Waals surface area contributed by atoms with Crippen LogP contribution in [0.2, 0.25) is 0 Å². The molecule has 2 rings (SSSR count). The molecule has 1 N–H and O–H groups in total. The van der Waals surface area contributed by atoms with Crippen molar-refractivity contribution in [1.82, 2.24) is 9.97 Å². The zero-order valence-corrected chi connectivity index (χ0v) is 12.4. The van der Waals surface area contributed by atoms with Crippen molar-refractivity contribution >= 4 is 11.8 Å². The number of aromatic nitrogens is 2.